The molecule has 0 saturated carbocycles. The molecule has 0 unspecified atom stereocenters. The number of carbonyl (C=O) groups is 1. The Kier molecular flexibility index (Phi) is 5.92. The second kappa shape index (κ2) is 7.59. The lowest BCUT2D eigenvalue weighted by molar-refractivity contribution is -0.137. The van der Waals surface area contributed by atoms with E-state index in [9.17, 15) is 18.0 Å². The summed E-state index contributed by atoms with van der Waals surface area (Å²) in [4.78, 5) is 12.1. The summed E-state index contributed by atoms with van der Waals surface area (Å²) in [6.07, 6.45) is -4.50. The van der Waals surface area contributed by atoms with Crippen LogP contribution in [0.1, 0.15) is 21.5 Å². The van der Waals surface area contributed by atoms with E-state index >= 15 is 0 Å². The molecule has 2 N–H and O–H groups in total. The minimum atomic E-state index is -4.50. The monoisotopic (exact) mass is 406 g/mol. The molecule has 0 aliphatic carbocycles. The van der Waals surface area contributed by atoms with Gasteiger partial charge in [0.1, 0.15) is 0 Å². The molecule has 0 saturated heterocycles. The molecule has 2 aromatic carbocycles. The van der Waals surface area contributed by atoms with E-state index < -0.39 is 17.6 Å². The molecular formula is C16H11Cl2F3N2OS. The predicted octanol–water partition coefficient (Wildman–Crippen LogP) is 5.45. The number of aryl methyl sites for hydroxylation is 1. The maximum Gasteiger partial charge on any atom is 0.416 e. The third kappa shape index (κ3) is 5.07. The maximum absolute atomic E-state index is 12.6. The molecule has 0 spiro atoms. The Morgan fingerprint density at radius 1 is 1.08 bits per heavy atom. The quantitative estimate of drug-likeness (QED) is 0.651. The predicted molar refractivity (Wildman–Crippen MR) is 96.3 cm³/mol. The van der Waals surface area contributed by atoms with E-state index in [-0.39, 0.29) is 26.4 Å². The molecule has 0 aromatic heterocycles. The van der Waals surface area contributed by atoms with Crippen LogP contribution in [-0.2, 0) is 6.18 Å². The highest BCUT2D eigenvalue weighted by atomic mass is 35.5. The molecule has 1 amide bonds. The number of hydrogen-bond acceptors (Lipinski definition) is 2. The van der Waals surface area contributed by atoms with Gasteiger partial charge >= 0.3 is 6.18 Å². The van der Waals surface area contributed by atoms with Gasteiger partial charge < -0.3 is 5.32 Å². The van der Waals surface area contributed by atoms with Gasteiger partial charge in [-0.3, -0.25) is 10.1 Å². The van der Waals surface area contributed by atoms with Crippen molar-refractivity contribution in [3.63, 3.8) is 0 Å². The van der Waals surface area contributed by atoms with Gasteiger partial charge in [-0.2, -0.15) is 13.2 Å². The van der Waals surface area contributed by atoms with Crippen LogP contribution in [0.15, 0.2) is 36.4 Å². The first-order valence-corrected chi connectivity index (χ1v) is 7.99. The van der Waals surface area contributed by atoms with Gasteiger partial charge in [-0.1, -0.05) is 29.3 Å². The Bertz CT molecular complexity index is 841. The molecule has 0 heterocycles. The number of amides is 1. The van der Waals surface area contributed by atoms with Gasteiger partial charge in [-0.15, -0.1) is 0 Å². The first-order valence-electron chi connectivity index (χ1n) is 6.83. The molecular weight excluding hydrogens is 396 g/mol. The Morgan fingerprint density at radius 3 is 2.32 bits per heavy atom. The van der Waals surface area contributed by atoms with E-state index in [1.54, 1.807) is 18.2 Å². The minimum absolute atomic E-state index is 0.122. The van der Waals surface area contributed by atoms with Gasteiger partial charge in [0.15, 0.2) is 5.11 Å². The first-order chi connectivity index (χ1) is 11.6. The van der Waals surface area contributed by atoms with Crippen LogP contribution in [0.25, 0.3) is 0 Å². The molecule has 0 bridgehead atoms. The van der Waals surface area contributed by atoms with Crippen LogP contribution in [0.4, 0.5) is 18.9 Å². The fraction of sp³-hybridized carbons (Fsp3) is 0.125. The number of alkyl halides is 3. The Morgan fingerprint density at radius 2 is 1.76 bits per heavy atom. The Hall–Kier alpha value is -1.83. The summed E-state index contributed by atoms with van der Waals surface area (Å²) >= 11 is 16.8. The standard InChI is InChI=1S/C16H11Cl2F3N2OS/c1-8-2-4-10(11(17)6-8)14(24)23-15(25)22-13-5-3-9(7-12(13)18)16(19,20)21/h2-7H,1H3,(H2,22,23,24,25). The third-order valence-corrected chi connectivity index (χ3v) is 3.97. The van der Waals surface area contributed by atoms with Crippen molar-refractivity contribution in [3.8, 4) is 0 Å². The van der Waals surface area contributed by atoms with Gasteiger partial charge in [0, 0.05) is 0 Å². The van der Waals surface area contributed by atoms with E-state index in [2.05, 4.69) is 10.6 Å². The zero-order valence-corrected chi connectivity index (χ0v) is 15.0. The lowest BCUT2D eigenvalue weighted by Gasteiger charge is -2.13. The second-order valence-electron chi connectivity index (χ2n) is 5.08. The van der Waals surface area contributed by atoms with Crippen molar-refractivity contribution in [2.75, 3.05) is 5.32 Å². The summed E-state index contributed by atoms with van der Waals surface area (Å²) in [6, 6.07) is 7.63. The van der Waals surface area contributed by atoms with Crippen LogP contribution in [0.3, 0.4) is 0 Å². The number of hydrogen-bond donors (Lipinski definition) is 2. The summed E-state index contributed by atoms with van der Waals surface area (Å²) in [5.74, 6) is -0.550. The summed E-state index contributed by atoms with van der Waals surface area (Å²) < 4.78 is 37.8. The SMILES string of the molecule is Cc1ccc(C(=O)NC(=S)Nc2ccc(C(F)(F)F)cc2Cl)c(Cl)c1. The molecule has 2 aromatic rings. The molecule has 2 rings (SSSR count). The average Bonchev–Trinajstić information content (AvgIpc) is 2.47. The van der Waals surface area contributed by atoms with E-state index in [1.165, 1.54) is 0 Å². The van der Waals surface area contributed by atoms with Crippen molar-refractivity contribution in [2.45, 2.75) is 13.1 Å². The van der Waals surface area contributed by atoms with E-state index in [4.69, 9.17) is 35.4 Å². The van der Waals surface area contributed by atoms with Crippen molar-refractivity contribution in [1.29, 1.82) is 0 Å². The number of thiocarbonyl (C=S) groups is 1. The summed E-state index contributed by atoms with van der Waals surface area (Å²) in [6.45, 7) is 1.83. The highest BCUT2D eigenvalue weighted by Crippen LogP contribution is 2.33. The Labute approximate surface area is 157 Å². The summed E-state index contributed by atoms with van der Waals surface area (Å²) in [5.41, 5.74) is 0.355. The topological polar surface area (TPSA) is 41.1 Å². The van der Waals surface area contributed by atoms with Crippen LogP contribution >= 0.6 is 35.4 Å². The van der Waals surface area contributed by atoms with Crippen molar-refractivity contribution >= 4 is 52.1 Å². The van der Waals surface area contributed by atoms with Crippen LogP contribution in [0.2, 0.25) is 10.0 Å². The fourth-order valence-electron chi connectivity index (χ4n) is 1.92. The molecule has 25 heavy (non-hydrogen) atoms. The second-order valence-corrected chi connectivity index (χ2v) is 6.31. The summed E-state index contributed by atoms with van der Waals surface area (Å²) in [5, 5.41) is 4.93. The lowest BCUT2D eigenvalue weighted by atomic mass is 10.1. The molecule has 9 heteroatoms. The molecule has 0 fully saturated rings. The highest BCUT2D eigenvalue weighted by molar-refractivity contribution is 7.80. The normalized spacial score (nSPS) is 11.1. The molecule has 0 aliphatic heterocycles. The average molecular weight is 407 g/mol. The number of benzene rings is 2. The minimum Gasteiger partial charge on any atom is -0.331 e. The lowest BCUT2D eigenvalue weighted by Crippen LogP contribution is -2.34. The van der Waals surface area contributed by atoms with Gasteiger partial charge in [0.05, 0.1) is 26.9 Å². The fourth-order valence-corrected chi connectivity index (χ4v) is 2.67. The van der Waals surface area contributed by atoms with Crippen LogP contribution in [0.5, 0.6) is 0 Å². The van der Waals surface area contributed by atoms with E-state index in [0.29, 0.717) is 0 Å². The Balaban J connectivity index is 2.08. The van der Waals surface area contributed by atoms with Gasteiger partial charge in [-0.25, -0.2) is 0 Å². The van der Waals surface area contributed by atoms with Crippen molar-refractivity contribution in [1.82, 2.24) is 5.32 Å². The smallest absolute Gasteiger partial charge is 0.331 e. The summed E-state index contributed by atoms with van der Waals surface area (Å²) in [7, 11) is 0. The third-order valence-electron chi connectivity index (χ3n) is 3.14. The van der Waals surface area contributed by atoms with Gasteiger partial charge in [0.2, 0.25) is 0 Å². The number of anilines is 1. The van der Waals surface area contributed by atoms with Gasteiger partial charge in [-0.05, 0) is 55.0 Å². The zero-order valence-electron chi connectivity index (χ0n) is 12.7. The largest absolute Gasteiger partial charge is 0.416 e. The maximum atomic E-state index is 12.6. The molecule has 0 aliphatic rings. The number of halogens is 5. The molecule has 3 nitrogen and oxygen atoms in total. The van der Waals surface area contributed by atoms with Crippen LogP contribution in [0, 0.1) is 6.92 Å². The molecule has 0 atom stereocenters. The molecule has 132 valence electrons. The number of rotatable bonds is 2. The van der Waals surface area contributed by atoms with Crippen molar-refractivity contribution < 1.29 is 18.0 Å². The van der Waals surface area contributed by atoms with E-state index in [1.807, 2.05) is 6.92 Å². The van der Waals surface area contributed by atoms with Crippen LogP contribution < -0.4 is 10.6 Å². The first kappa shape index (κ1) is 19.5. The highest BCUT2D eigenvalue weighted by Gasteiger charge is 2.30. The molecule has 0 radical (unpaired) electrons. The van der Waals surface area contributed by atoms with Crippen molar-refractivity contribution in [2.24, 2.45) is 0 Å². The zero-order chi connectivity index (χ0) is 18.8. The number of carbonyl (C=O) groups excluding carboxylic acids is 1. The van der Waals surface area contributed by atoms with Crippen molar-refractivity contribution in [3.05, 3.63) is 63.1 Å². The number of nitrogens with one attached hydrogen (secondary N) is 2. The van der Waals surface area contributed by atoms with Crippen LogP contribution in [-0.4, -0.2) is 11.0 Å². The van der Waals surface area contributed by atoms with Gasteiger partial charge in [0.25, 0.3) is 5.91 Å². The van der Waals surface area contributed by atoms with E-state index in [0.717, 1.165) is 23.8 Å².